The van der Waals surface area contributed by atoms with Gasteiger partial charge in [0.15, 0.2) is 0 Å². The van der Waals surface area contributed by atoms with Crippen LogP contribution in [0.3, 0.4) is 0 Å². The van der Waals surface area contributed by atoms with E-state index in [4.69, 9.17) is 4.74 Å². The molecule has 0 aromatic rings. The van der Waals surface area contributed by atoms with Crippen LogP contribution in [0.5, 0.6) is 0 Å². The van der Waals surface area contributed by atoms with Crippen LogP contribution in [0.4, 0.5) is 0 Å². The first-order valence-corrected chi connectivity index (χ1v) is 7.39. The van der Waals surface area contributed by atoms with E-state index in [-0.39, 0.29) is 12.5 Å². The molecule has 0 heterocycles. The normalized spacial score (nSPS) is 28.2. The number of carbonyl (C=O) groups is 1. The lowest BCUT2D eigenvalue weighted by molar-refractivity contribution is -0.153. The summed E-state index contributed by atoms with van der Waals surface area (Å²) in [5.74, 6) is 0.490. The molecule has 0 atom stereocenters. The van der Waals surface area contributed by atoms with Gasteiger partial charge in [-0.25, -0.2) is 0 Å². The van der Waals surface area contributed by atoms with Crippen LogP contribution >= 0.6 is 0 Å². The van der Waals surface area contributed by atoms with E-state index in [1.807, 2.05) is 20.8 Å². The quantitative estimate of drug-likeness (QED) is 0.753. The molecule has 4 heteroatoms. The highest BCUT2D eigenvalue weighted by atomic mass is 16.6. The summed E-state index contributed by atoms with van der Waals surface area (Å²) in [6.45, 7) is 8.40. The summed E-state index contributed by atoms with van der Waals surface area (Å²) in [7, 11) is 0. The average Bonchev–Trinajstić information content (AvgIpc) is 2.27. The van der Waals surface area contributed by atoms with Crippen LogP contribution in [-0.2, 0) is 9.53 Å². The summed E-state index contributed by atoms with van der Waals surface area (Å²) in [6, 6.07) is 0. The van der Waals surface area contributed by atoms with Crippen molar-refractivity contribution >= 4 is 5.97 Å². The first-order valence-electron chi connectivity index (χ1n) is 7.39. The maximum Gasteiger partial charge on any atom is 0.320 e. The van der Waals surface area contributed by atoms with Gasteiger partial charge in [0.25, 0.3) is 0 Å². The molecule has 112 valence electrons. The number of rotatable bonds is 5. The van der Waals surface area contributed by atoms with Gasteiger partial charge in [0.1, 0.15) is 5.60 Å². The van der Waals surface area contributed by atoms with Crippen LogP contribution in [-0.4, -0.2) is 35.4 Å². The zero-order valence-corrected chi connectivity index (χ0v) is 12.8. The molecule has 2 N–H and O–H groups in total. The molecule has 0 radical (unpaired) electrons. The maximum atomic E-state index is 11.5. The predicted molar refractivity (Wildman–Crippen MR) is 75.9 cm³/mol. The van der Waals surface area contributed by atoms with Crippen molar-refractivity contribution in [3.8, 4) is 0 Å². The minimum absolute atomic E-state index is 0.163. The highest BCUT2D eigenvalue weighted by Gasteiger charge is 2.32. The molecule has 0 amide bonds. The zero-order chi connectivity index (χ0) is 14.5. The van der Waals surface area contributed by atoms with E-state index in [0.29, 0.717) is 6.54 Å². The smallest absolute Gasteiger partial charge is 0.320 e. The molecule has 1 aliphatic rings. The molecular weight excluding hydrogens is 242 g/mol. The van der Waals surface area contributed by atoms with Crippen molar-refractivity contribution in [1.29, 1.82) is 0 Å². The third kappa shape index (κ3) is 6.39. The summed E-state index contributed by atoms with van der Waals surface area (Å²) in [6.07, 6.45) is 5.02. The number of aliphatic hydroxyl groups is 1. The SMILES string of the molecule is CCC1CCC(O)(CNCC(=O)OC(C)(C)C)CC1. The van der Waals surface area contributed by atoms with Crippen LogP contribution in [0.15, 0.2) is 0 Å². The number of esters is 1. The molecule has 19 heavy (non-hydrogen) atoms. The second kappa shape index (κ2) is 6.71. The Labute approximate surface area is 116 Å². The molecule has 1 rings (SSSR count). The molecule has 0 aromatic carbocycles. The molecule has 0 aliphatic heterocycles. The van der Waals surface area contributed by atoms with Crippen LogP contribution in [0.25, 0.3) is 0 Å². The number of nitrogens with one attached hydrogen (secondary N) is 1. The molecule has 0 bridgehead atoms. The van der Waals surface area contributed by atoms with Gasteiger partial charge < -0.3 is 15.2 Å². The molecule has 1 saturated carbocycles. The van der Waals surface area contributed by atoms with Gasteiger partial charge in [-0.2, -0.15) is 0 Å². The monoisotopic (exact) mass is 271 g/mol. The van der Waals surface area contributed by atoms with Crippen molar-refractivity contribution in [2.45, 2.75) is 71.0 Å². The molecule has 0 aromatic heterocycles. The van der Waals surface area contributed by atoms with Crippen LogP contribution in [0, 0.1) is 5.92 Å². The Morgan fingerprint density at radius 1 is 1.37 bits per heavy atom. The van der Waals surface area contributed by atoms with Gasteiger partial charge in [0.05, 0.1) is 12.1 Å². The lowest BCUT2D eigenvalue weighted by Gasteiger charge is -2.36. The Kier molecular flexibility index (Phi) is 5.81. The molecule has 0 unspecified atom stereocenters. The third-order valence-corrected chi connectivity index (χ3v) is 3.76. The van der Waals surface area contributed by atoms with Gasteiger partial charge in [-0.15, -0.1) is 0 Å². The summed E-state index contributed by atoms with van der Waals surface area (Å²) in [4.78, 5) is 11.5. The van der Waals surface area contributed by atoms with Gasteiger partial charge in [0.2, 0.25) is 0 Å². The summed E-state index contributed by atoms with van der Waals surface area (Å²) >= 11 is 0. The Morgan fingerprint density at radius 3 is 2.42 bits per heavy atom. The van der Waals surface area contributed by atoms with Crippen molar-refractivity contribution < 1.29 is 14.6 Å². The highest BCUT2D eigenvalue weighted by Crippen LogP contribution is 2.33. The number of carbonyl (C=O) groups excluding carboxylic acids is 1. The van der Waals surface area contributed by atoms with Crippen LogP contribution in [0.1, 0.15) is 59.8 Å². The van der Waals surface area contributed by atoms with E-state index in [1.54, 1.807) is 0 Å². The van der Waals surface area contributed by atoms with Gasteiger partial charge in [-0.3, -0.25) is 4.79 Å². The first-order chi connectivity index (χ1) is 8.74. The van der Waals surface area contributed by atoms with Gasteiger partial charge in [0, 0.05) is 6.54 Å². The number of hydrogen-bond donors (Lipinski definition) is 2. The fourth-order valence-corrected chi connectivity index (χ4v) is 2.57. The number of ether oxygens (including phenoxy) is 1. The lowest BCUT2D eigenvalue weighted by atomic mass is 9.78. The van der Waals surface area contributed by atoms with Crippen molar-refractivity contribution in [2.24, 2.45) is 5.92 Å². The minimum Gasteiger partial charge on any atom is -0.459 e. The van der Waals surface area contributed by atoms with Gasteiger partial charge >= 0.3 is 5.97 Å². The molecule has 0 saturated heterocycles. The molecular formula is C15H29NO3. The van der Waals surface area contributed by atoms with E-state index >= 15 is 0 Å². The van der Waals surface area contributed by atoms with E-state index in [1.165, 1.54) is 6.42 Å². The Balaban J connectivity index is 2.24. The molecule has 1 fully saturated rings. The maximum absolute atomic E-state index is 11.5. The van der Waals surface area contributed by atoms with Gasteiger partial charge in [-0.1, -0.05) is 13.3 Å². The summed E-state index contributed by atoms with van der Waals surface area (Å²) in [5, 5.41) is 13.4. The lowest BCUT2D eigenvalue weighted by Crippen LogP contribution is -2.45. The predicted octanol–water partition coefficient (Wildman–Crippen LogP) is 2.25. The third-order valence-electron chi connectivity index (χ3n) is 3.76. The number of hydrogen-bond acceptors (Lipinski definition) is 4. The highest BCUT2D eigenvalue weighted by molar-refractivity contribution is 5.72. The molecule has 0 spiro atoms. The Bertz CT molecular complexity index is 288. The largest absolute Gasteiger partial charge is 0.459 e. The van der Waals surface area contributed by atoms with E-state index < -0.39 is 11.2 Å². The standard InChI is InChI=1S/C15H29NO3/c1-5-12-6-8-15(18,9-7-12)11-16-10-13(17)19-14(2,3)4/h12,16,18H,5-11H2,1-4H3. The minimum atomic E-state index is -0.645. The first kappa shape index (κ1) is 16.4. The topological polar surface area (TPSA) is 58.6 Å². The van der Waals surface area contributed by atoms with Crippen molar-refractivity contribution in [3.63, 3.8) is 0 Å². The summed E-state index contributed by atoms with van der Waals surface area (Å²) < 4.78 is 5.21. The second-order valence-electron chi connectivity index (χ2n) is 6.77. The molecule has 4 nitrogen and oxygen atoms in total. The van der Waals surface area contributed by atoms with E-state index in [9.17, 15) is 9.90 Å². The average molecular weight is 271 g/mol. The van der Waals surface area contributed by atoms with Crippen LogP contribution in [0.2, 0.25) is 0 Å². The van der Waals surface area contributed by atoms with E-state index in [0.717, 1.165) is 31.6 Å². The van der Waals surface area contributed by atoms with Crippen molar-refractivity contribution in [1.82, 2.24) is 5.32 Å². The van der Waals surface area contributed by atoms with Gasteiger partial charge in [-0.05, 0) is 52.4 Å². The Hall–Kier alpha value is -0.610. The second-order valence-corrected chi connectivity index (χ2v) is 6.77. The molecule has 1 aliphatic carbocycles. The van der Waals surface area contributed by atoms with Crippen LogP contribution < -0.4 is 5.32 Å². The zero-order valence-electron chi connectivity index (χ0n) is 12.8. The fourth-order valence-electron chi connectivity index (χ4n) is 2.57. The van der Waals surface area contributed by atoms with Crippen molar-refractivity contribution in [3.05, 3.63) is 0 Å². The van der Waals surface area contributed by atoms with Crippen molar-refractivity contribution in [2.75, 3.05) is 13.1 Å². The fraction of sp³-hybridized carbons (Fsp3) is 0.933. The van der Waals surface area contributed by atoms with E-state index in [2.05, 4.69) is 12.2 Å². The Morgan fingerprint density at radius 2 is 1.95 bits per heavy atom. The summed E-state index contributed by atoms with van der Waals surface area (Å²) in [5.41, 5.74) is -1.09.